The van der Waals surface area contributed by atoms with Crippen LogP contribution in [0.4, 0.5) is 0 Å². The Kier molecular flexibility index (Phi) is 30.2. The van der Waals surface area contributed by atoms with Crippen molar-refractivity contribution in [1.29, 1.82) is 0 Å². The number of hydrogen-bond donors (Lipinski definition) is 2. The van der Waals surface area contributed by atoms with Crippen LogP contribution in [0.5, 0.6) is 0 Å². The number of phosphoric ester groups is 1. The summed E-state index contributed by atoms with van der Waals surface area (Å²) in [6, 6.07) is -0.789. The van der Waals surface area contributed by atoms with Crippen LogP contribution >= 0.6 is 7.82 Å². The topological polar surface area (TPSA) is 108 Å². The van der Waals surface area contributed by atoms with Gasteiger partial charge in [-0.15, -0.1) is 0 Å². The van der Waals surface area contributed by atoms with Crippen LogP contribution in [0.25, 0.3) is 0 Å². The summed E-state index contributed by atoms with van der Waals surface area (Å²) in [6.07, 6.45) is 30.0. The van der Waals surface area contributed by atoms with E-state index in [-0.39, 0.29) is 19.1 Å². The average molecular weight is 677 g/mol. The van der Waals surface area contributed by atoms with Crippen LogP contribution in [-0.4, -0.2) is 68.5 Å². The minimum atomic E-state index is -4.54. The Labute approximate surface area is 285 Å². The van der Waals surface area contributed by atoms with Crippen molar-refractivity contribution in [1.82, 2.24) is 5.32 Å². The summed E-state index contributed by atoms with van der Waals surface area (Å²) in [6.45, 7) is 4.63. The molecule has 0 fully saturated rings. The molecule has 0 saturated carbocycles. The Hall–Kier alpha value is -0.500. The highest BCUT2D eigenvalue weighted by atomic mass is 31.2. The molecule has 276 valence electrons. The van der Waals surface area contributed by atoms with Gasteiger partial charge in [-0.25, -0.2) is 0 Å². The van der Waals surface area contributed by atoms with E-state index in [1.165, 1.54) is 103 Å². The van der Waals surface area contributed by atoms with Gasteiger partial charge < -0.3 is 28.8 Å². The molecular formula is C37H77N2O6P. The number of carbonyl (C=O) groups is 1. The maximum Gasteiger partial charge on any atom is 0.268 e. The first-order chi connectivity index (χ1) is 22.0. The Bertz CT molecular complexity index is 733. The monoisotopic (exact) mass is 677 g/mol. The van der Waals surface area contributed by atoms with Crippen LogP contribution in [-0.2, 0) is 18.4 Å². The summed E-state index contributed by atoms with van der Waals surface area (Å²) in [7, 11) is 1.31. The van der Waals surface area contributed by atoms with E-state index in [9.17, 15) is 19.4 Å². The van der Waals surface area contributed by atoms with Crippen molar-refractivity contribution < 1.29 is 32.9 Å². The molecular weight excluding hydrogens is 599 g/mol. The summed E-state index contributed by atoms with van der Waals surface area (Å²) in [5.41, 5.74) is 0. The van der Waals surface area contributed by atoms with Crippen molar-refractivity contribution in [2.24, 2.45) is 0 Å². The van der Waals surface area contributed by atoms with Crippen LogP contribution in [0.15, 0.2) is 0 Å². The van der Waals surface area contributed by atoms with Crippen LogP contribution in [0, 0.1) is 0 Å². The molecule has 0 radical (unpaired) electrons. The highest BCUT2D eigenvalue weighted by molar-refractivity contribution is 7.45. The summed E-state index contributed by atoms with van der Waals surface area (Å²) >= 11 is 0. The third-order valence-electron chi connectivity index (χ3n) is 8.85. The average Bonchev–Trinajstić information content (AvgIpc) is 2.99. The number of amides is 1. The van der Waals surface area contributed by atoms with Gasteiger partial charge >= 0.3 is 0 Å². The lowest BCUT2D eigenvalue weighted by atomic mass is 10.0. The molecule has 9 heteroatoms. The number of carbonyl (C=O) groups excluding carboxylic acids is 1. The number of likely N-dealkylation sites (N-methyl/N-ethyl adjacent to an activating group) is 1. The fourth-order valence-corrected chi connectivity index (χ4v) is 6.41. The van der Waals surface area contributed by atoms with Gasteiger partial charge in [-0.1, -0.05) is 162 Å². The quantitative estimate of drug-likeness (QED) is 0.0394. The second-order valence-corrected chi connectivity index (χ2v) is 16.1. The maximum absolute atomic E-state index is 12.7. The zero-order valence-corrected chi connectivity index (χ0v) is 31.9. The highest BCUT2D eigenvalue weighted by Gasteiger charge is 2.24. The molecule has 0 aromatic rings. The molecule has 3 atom stereocenters. The molecule has 0 bridgehead atoms. The SMILES string of the molecule is CCCCCCCCCCCCCCCCCCCCCC(=O)NC(COP(=O)([O-])OCC[N+](C)(C)C)C(O)CCCCCCC. The second-order valence-electron chi connectivity index (χ2n) is 14.6. The lowest BCUT2D eigenvalue weighted by molar-refractivity contribution is -0.870. The van der Waals surface area contributed by atoms with Gasteiger partial charge in [0, 0.05) is 6.42 Å². The summed E-state index contributed by atoms with van der Waals surface area (Å²) in [4.78, 5) is 25.0. The van der Waals surface area contributed by atoms with Crippen LogP contribution in [0.2, 0.25) is 0 Å². The van der Waals surface area contributed by atoms with Gasteiger partial charge in [-0.3, -0.25) is 9.36 Å². The normalized spacial score (nSPS) is 14.7. The van der Waals surface area contributed by atoms with Crippen molar-refractivity contribution in [2.45, 2.75) is 193 Å². The maximum atomic E-state index is 12.7. The Morgan fingerprint density at radius 2 is 1.07 bits per heavy atom. The van der Waals surface area contributed by atoms with Crippen LogP contribution in [0.1, 0.15) is 181 Å². The van der Waals surface area contributed by atoms with Gasteiger partial charge in [0.2, 0.25) is 5.91 Å². The number of aliphatic hydroxyl groups is 1. The second kappa shape index (κ2) is 30.6. The summed E-state index contributed by atoms with van der Waals surface area (Å²) < 4.78 is 23.0. The molecule has 8 nitrogen and oxygen atoms in total. The van der Waals surface area contributed by atoms with Gasteiger partial charge in [0.25, 0.3) is 7.82 Å². The third-order valence-corrected chi connectivity index (χ3v) is 9.81. The minimum absolute atomic E-state index is 0.0146. The minimum Gasteiger partial charge on any atom is -0.756 e. The van der Waals surface area contributed by atoms with Gasteiger partial charge in [-0.05, 0) is 12.8 Å². The van der Waals surface area contributed by atoms with Gasteiger partial charge in [0.15, 0.2) is 0 Å². The first-order valence-corrected chi connectivity index (χ1v) is 20.8. The zero-order valence-electron chi connectivity index (χ0n) is 31.0. The van der Waals surface area contributed by atoms with Gasteiger partial charge in [0.1, 0.15) is 13.2 Å². The molecule has 46 heavy (non-hydrogen) atoms. The number of unbranched alkanes of at least 4 members (excludes halogenated alkanes) is 22. The summed E-state index contributed by atoms with van der Waals surface area (Å²) in [5.74, 6) is -0.169. The Balaban J connectivity index is 4.11. The van der Waals surface area contributed by atoms with Crippen molar-refractivity contribution in [3.63, 3.8) is 0 Å². The number of aliphatic hydroxyl groups excluding tert-OH is 1. The van der Waals surface area contributed by atoms with Crippen molar-refractivity contribution in [2.75, 3.05) is 40.9 Å². The van der Waals surface area contributed by atoms with E-state index in [0.29, 0.717) is 23.9 Å². The lowest BCUT2D eigenvalue weighted by Crippen LogP contribution is -2.46. The molecule has 0 rings (SSSR count). The first kappa shape index (κ1) is 45.5. The first-order valence-electron chi connectivity index (χ1n) is 19.4. The molecule has 0 spiro atoms. The van der Waals surface area contributed by atoms with Crippen LogP contribution < -0.4 is 10.2 Å². The number of hydrogen-bond acceptors (Lipinski definition) is 6. The Morgan fingerprint density at radius 3 is 1.48 bits per heavy atom. The van der Waals surface area contributed by atoms with E-state index in [4.69, 9.17) is 9.05 Å². The largest absolute Gasteiger partial charge is 0.756 e. The molecule has 3 unspecified atom stereocenters. The predicted octanol–water partition coefficient (Wildman–Crippen LogP) is 9.22. The van der Waals surface area contributed by atoms with E-state index < -0.39 is 20.0 Å². The van der Waals surface area contributed by atoms with Crippen molar-refractivity contribution in [3.8, 4) is 0 Å². The molecule has 0 aromatic heterocycles. The van der Waals surface area contributed by atoms with Crippen molar-refractivity contribution >= 4 is 13.7 Å². The van der Waals surface area contributed by atoms with E-state index in [0.717, 1.165) is 51.4 Å². The van der Waals surface area contributed by atoms with E-state index in [1.54, 1.807) is 0 Å². The fraction of sp³-hybridized carbons (Fsp3) is 0.973. The molecule has 0 aliphatic rings. The lowest BCUT2D eigenvalue weighted by Gasteiger charge is -2.30. The molecule has 0 heterocycles. The number of phosphoric acid groups is 1. The molecule has 2 N–H and O–H groups in total. The Morgan fingerprint density at radius 1 is 0.674 bits per heavy atom. The van der Waals surface area contributed by atoms with E-state index in [2.05, 4.69) is 19.2 Å². The highest BCUT2D eigenvalue weighted by Crippen LogP contribution is 2.38. The third kappa shape index (κ3) is 32.1. The zero-order chi connectivity index (χ0) is 34.4. The van der Waals surface area contributed by atoms with E-state index in [1.807, 2.05) is 21.1 Å². The smallest absolute Gasteiger partial charge is 0.268 e. The van der Waals surface area contributed by atoms with Gasteiger partial charge in [0.05, 0.1) is 39.9 Å². The molecule has 0 saturated heterocycles. The molecule has 0 aliphatic carbocycles. The number of nitrogens with one attached hydrogen (secondary N) is 1. The number of quaternary nitrogens is 1. The predicted molar refractivity (Wildman–Crippen MR) is 192 cm³/mol. The standard InChI is InChI=1S/C37H77N2O6P/c1-6-8-10-12-13-14-15-16-17-18-19-20-21-22-23-24-25-27-29-31-37(41)38-35(36(40)30-28-26-11-9-7-2)34-45-46(42,43)44-33-32-39(3,4)5/h35-36,40H,6-34H2,1-5H3,(H-,38,41,42,43). The summed E-state index contributed by atoms with van der Waals surface area (Å²) in [5, 5.41) is 13.6. The van der Waals surface area contributed by atoms with Crippen LogP contribution in [0.3, 0.4) is 0 Å². The molecule has 0 aromatic carbocycles. The number of rotatable bonds is 35. The van der Waals surface area contributed by atoms with E-state index >= 15 is 0 Å². The number of nitrogens with zero attached hydrogens (tertiary/aromatic N) is 1. The molecule has 0 aliphatic heterocycles. The molecule has 1 amide bonds. The van der Waals surface area contributed by atoms with Crippen molar-refractivity contribution in [3.05, 3.63) is 0 Å². The van der Waals surface area contributed by atoms with Gasteiger partial charge in [-0.2, -0.15) is 0 Å². The fourth-order valence-electron chi connectivity index (χ4n) is 5.69.